The second kappa shape index (κ2) is 7.62. The summed E-state index contributed by atoms with van der Waals surface area (Å²) in [5, 5.41) is 11.1. The Morgan fingerprint density at radius 2 is 1.48 bits per heavy atom. The van der Waals surface area contributed by atoms with Crippen LogP contribution in [-0.2, 0) is 0 Å². The van der Waals surface area contributed by atoms with Crippen LogP contribution < -0.4 is 5.32 Å². The second-order valence-corrected chi connectivity index (χ2v) is 6.93. The fourth-order valence-electron chi connectivity index (χ4n) is 2.81. The molecule has 1 aromatic heterocycles. The minimum absolute atomic E-state index is 0.00966. The van der Waals surface area contributed by atoms with Gasteiger partial charge in [0.05, 0.1) is 5.69 Å². The summed E-state index contributed by atoms with van der Waals surface area (Å²) in [4.78, 5) is 13.5. The molecule has 4 rings (SSSR count). The summed E-state index contributed by atoms with van der Waals surface area (Å²) in [6, 6.07) is 9.31. The van der Waals surface area contributed by atoms with Gasteiger partial charge in [-0.25, -0.2) is 22.0 Å². The van der Waals surface area contributed by atoms with Gasteiger partial charge in [0.1, 0.15) is 16.6 Å². The third-order valence-corrected chi connectivity index (χ3v) is 4.87. The predicted molar refractivity (Wildman–Crippen MR) is 103 cm³/mol. The number of hydrogen-bond donors (Lipinski definition) is 1. The lowest BCUT2D eigenvalue weighted by Crippen LogP contribution is -2.19. The lowest BCUT2D eigenvalue weighted by atomic mass is 10.1. The quantitative estimate of drug-likeness (QED) is 0.260. The van der Waals surface area contributed by atoms with Gasteiger partial charge < -0.3 is 5.32 Å². The molecule has 0 fully saturated rings. The Kier molecular flexibility index (Phi) is 5.10. The van der Waals surface area contributed by atoms with Crippen LogP contribution in [0.2, 0.25) is 5.02 Å². The topological polar surface area (TPSA) is 59.8 Å². The molecule has 0 aliphatic rings. The maximum absolute atomic E-state index is 13.8. The van der Waals surface area contributed by atoms with E-state index >= 15 is 0 Å². The Hall–Kier alpha value is -3.53. The number of aryl methyl sites for hydroxylation is 1. The van der Waals surface area contributed by atoms with Gasteiger partial charge in [-0.3, -0.25) is 4.79 Å². The van der Waals surface area contributed by atoms with E-state index in [1.165, 1.54) is 23.0 Å². The van der Waals surface area contributed by atoms with Crippen molar-refractivity contribution in [2.45, 2.75) is 6.92 Å². The molecule has 0 radical (unpaired) electrons. The zero-order valence-electron chi connectivity index (χ0n) is 15.5. The molecule has 0 saturated heterocycles. The summed E-state index contributed by atoms with van der Waals surface area (Å²) < 4.78 is 67.6. The van der Waals surface area contributed by atoms with Gasteiger partial charge in [0.2, 0.25) is 5.82 Å². The molecule has 0 spiro atoms. The number of hydrogen-bond acceptors (Lipinski definition) is 3. The molecule has 31 heavy (non-hydrogen) atoms. The van der Waals surface area contributed by atoms with Gasteiger partial charge in [0, 0.05) is 10.7 Å². The van der Waals surface area contributed by atoms with E-state index < -0.39 is 40.6 Å². The Morgan fingerprint density at radius 3 is 2.13 bits per heavy atom. The van der Waals surface area contributed by atoms with E-state index in [0.717, 1.165) is 5.56 Å². The smallest absolute Gasteiger partial charge is 0.261 e. The van der Waals surface area contributed by atoms with Crippen molar-refractivity contribution in [3.8, 4) is 5.69 Å². The van der Waals surface area contributed by atoms with Crippen molar-refractivity contribution in [3.63, 3.8) is 0 Å². The maximum Gasteiger partial charge on any atom is 0.261 e. The lowest BCUT2D eigenvalue weighted by Gasteiger charge is -2.09. The van der Waals surface area contributed by atoms with E-state index in [2.05, 4.69) is 15.5 Å². The summed E-state index contributed by atoms with van der Waals surface area (Å²) in [5.74, 6) is -12.7. The van der Waals surface area contributed by atoms with Gasteiger partial charge in [0.25, 0.3) is 5.91 Å². The monoisotopic (exact) mass is 452 g/mol. The zero-order chi connectivity index (χ0) is 22.4. The Labute approximate surface area is 176 Å². The van der Waals surface area contributed by atoms with Crippen molar-refractivity contribution < 1.29 is 26.7 Å². The summed E-state index contributed by atoms with van der Waals surface area (Å²) in [7, 11) is 0. The summed E-state index contributed by atoms with van der Waals surface area (Å²) >= 11 is 6.11. The molecule has 11 heteroatoms. The summed E-state index contributed by atoms with van der Waals surface area (Å²) in [5.41, 5.74) is 0.571. The van der Waals surface area contributed by atoms with Crippen molar-refractivity contribution in [2.75, 3.05) is 5.32 Å². The third-order valence-electron chi connectivity index (χ3n) is 4.46. The molecule has 0 saturated carbocycles. The van der Waals surface area contributed by atoms with Crippen molar-refractivity contribution in [3.05, 3.63) is 81.6 Å². The van der Waals surface area contributed by atoms with Crippen LogP contribution in [0.25, 0.3) is 16.7 Å². The fourth-order valence-corrected chi connectivity index (χ4v) is 2.99. The minimum atomic E-state index is -2.35. The number of benzene rings is 3. The maximum atomic E-state index is 13.8. The van der Waals surface area contributed by atoms with Gasteiger partial charge >= 0.3 is 0 Å². The average Bonchev–Trinajstić information content (AvgIpc) is 3.16. The molecule has 5 nitrogen and oxygen atoms in total. The first-order valence-electron chi connectivity index (χ1n) is 8.63. The van der Waals surface area contributed by atoms with Gasteiger partial charge in [-0.05, 0) is 42.8 Å². The molecule has 4 aromatic rings. The number of amides is 1. The van der Waals surface area contributed by atoms with Crippen LogP contribution in [0.4, 0.5) is 27.6 Å². The number of anilines is 1. The predicted octanol–water partition coefficient (Wildman–Crippen LogP) is 5.33. The molecule has 1 N–H and O–H groups in total. The van der Waals surface area contributed by atoms with Crippen LogP contribution in [0.15, 0.2) is 36.4 Å². The van der Waals surface area contributed by atoms with E-state index in [-0.39, 0.29) is 5.69 Å². The van der Waals surface area contributed by atoms with Gasteiger partial charge in [-0.2, -0.15) is 4.80 Å². The lowest BCUT2D eigenvalue weighted by molar-refractivity contribution is 0.101. The number of nitrogens with one attached hydrogen (secondary N) is 1. The van der Waals surface area contributed by atoms with Crippen LogP contribution in [0.3, 0.4) is 0 Å². The highest BCUT2D eigenvalue weighted by Crippen LogP contribution is 2.25. The molecule has 0 aliphatic heterocycles. The van der Waals surface area contributed by atoms with Gasteiger partial charge in [0.15, 0.2) is 23.3 Å². The Bertz CT molecular complexity index is 1340. The second-order valence-electron chi connectivity index (χ2n) is 6.53. The van der Waals surface area contributed by atoms with Crippen LogP contribution in [0.5, 0.6) is 0 Å². The Balaban J connectivity index is 1.67. The molecule has 1 amide bonds. The summed E-state index contributed by atoms with van der Waals surface area (Å²) in [6.45, 7) is 1.83. The number of carbonyl (C=O) groups is 1. The molecule has 158 valence electrons. The number of rotatable bonds is 3. The molecular formula is C20H10ClF5N4O. The van der Waals surface area contributed by atoms with Crippen molar-refractivity contribution in [1.82, 2.24) is 15.0 Å². The average molecular weight is 453 g/mol. The van der Waals surface area contributed by atoms with Gasteiger partial charge in [-0.1, -0.05) is 17.7 Å². The highest BCUT2D eigenvalue weighted by molar-refractivity contribution is 6.31. The van der Waals surface area contributed by atoms with Crippen LogP contribution in [-0.4, -0.2) is 20.9 Å². The highest BCUT2D eigenvalue weighted by atomic mass is 35.5. The number of halogens is 6. The minimum Gasteiger partial charge on any atom is -0.322 e. The van der Waals surface area contributed by atoms with E-state index in [0.29, 0.717) is 21.7 Å². The largest absolute Gasteiger partial charge is 0.322 e. The molecule has 3 aromatic carbocycles. The highest BCUT2D eigenvalue weighted by Gasteiger charge is 2.29. The first-order valence-corrected chi connectivity index (χ1v) is 9.01. The van der Waals surface area contributed by atoms with E-state index in [1.54, 1.807) is 18.2 Å². The molecule has 1 heterocycles. The third kappa shape index (κ3) is 3.59. The van der Waals surface area contributed by atoms with Crippen molar-refractivity contribution >= 4 is 34.2 Å². The van der Waals surface area contributed by atoms with E-state index in [9.17, 15) is 26.7 Å². The van der Waals surface area contributed by atoms with Crippen LogP contribution >= 0.6 is 11.6 Å². The molecule has 0 atom stereocenters. The first kappa shape index (κ1) is 20.7. The normalized spacial score (nSPS) is 11.2. The van der Waals surface area contributed by atoms with Crippen LogP contribution in [0, 0.1) is 36.0 Å². The number of fused-ring (bicyclic) bond motifs is 1. The molecular weight excluding hydrogens is 443 g/mol. The Morgan fingerprint density at radius 1 is 0.871 bits per heavy atom. The zero-order valence-corrected chi connectivity index (χ0v) is 16.2. The van der Waals surface area contributed by atoms with E-state index in [1.807, 2.05) is 6.92 Å². The van der Waals surface area contributed by atoms with Crippen molar-refractivity contribution in [2.24, 2.45) is 0 Å². The SMILES string of the molecule is Cc1ccc(-n2nc3ccc(NC(=O)c4c(F)c(F)c(F)c(F)c4F)cc3n2)cc1Cl. The molecule has 0 unspecified atom stereocenters. The first-order chi connectivity index (χ1) is 14.7. The van der Waals surface area contributed by atoms with E-state index in [4.69, 9.17) is 11.6 Å². The van der Waals surface area contributed by atoms with Crippen molar-refractivity contribution in [1.29, 1.82) is 0 Å². The molecule has 0 bridgehead atoms. The summed E-state index contributed by atoms with van der Waals surface area (Å²) in [6.07, 6.45) is 0. The molecule has 0 aliphatic carbocycles. The van der Waals surface area contributed by atoms with Gasteiger partial charge in [-0.15, -0.1) is 10.2 Å². The standard InChI is InChI=1S/C20H10ClF5N4O/c1-8-2-4-10(7-11(8)21)30-28-12-5-3-9(6-13(12)29-30)27-20(31)14-15(22)17(24)19(26)18(25)16(14)23/h2-7H,1H3,(H,27,31). The number of nitrogens with zero attached hydrogens (tertiary/aromatic N) is 3. The van der Waals surface area contributed by atoms with Crippen LogP contribution in [0.1, 0.15) is 15.9 Å². The number of carbonyl (C=O) groups excluding carboxylic acids is 1. The fraction of sp³-hybridized carbons (Fsp3) is 0.0500. The number of aromatic nitrogens is 3.